The lowest BCUT2D eigenvalue weighted by molar-refractivity contribution is 0.101. The number of anilines is 1. The van der Waals surface area contributed by atoms with Crippen molar-refractivity contribution in [2.75, 3.05) is 5.32 Å². The minimum Gasteiger partial charge on any atom is -0.506 e. The van der Waals surface area contributed by atoms with Crippen molar-refractivity contribution in [1.29, 1.82) is 0 Å². The summed E-state index contributed by atoms with van der Waals surface area (Å²) < 4.78 is 28.5. The molecule has 0 aliphatic heterocycles. The number of rotatable bonds is 5. The summed E-state index contributed by atoms with van der Waals surface area (Å²) in [6.45, 7) is 9.53. The molecule has 1 amide bonds. The van der Waals surface area contributed by atoms with Crippen molar-refractivity contribution in [2.24, 2.45) is 7.05 Å². The second kappa shape index (κ2) is 7.36. The van der Waals surface area contributed by atoms with Crippen molar-refractivity contribution >= 4 is 21.6 Å². The van der Waals surface area contributed by atoms with E-state index in [9.17, 15) is 18.3 Å². The summed E-state index contributed by atoms with van der Waals surface area (Å²) in [4.78, 5) is 12.7. The highest BCUT2D eigenvalue weighted by molar-refractivity contribution is 7.89. The molecule has 0 saturated heterocycles. The SMILES string of the molecule is CC(C)NS(=O)(=O)c1cc(C(=O)Nc2cc(C(C)(C)C)ccc2O)n(C)c1. The Morgan fingerprint density at radius 1 is 1.19 bits per heavy atom. The molecule has 0 unspecified atom stereocenters. The minimum atomic E-state index is -3.70. The monoisotopic (exact) mass is 393 g/mol. The minimum absolute atomic E-state index is 0.0107. The van der Waals surface area contributed by atoms with Gasteiger partial charge in [0.2, 0.25) is 10.0 Å². The van der Waals surface area contributed by atoms with Crippen LogP contribution in [0.2, 0.25) is 0 Å². The van der Waals surface area contributed by atoms with Gasteiger partial charge in [-0.2, -0.15) is 0 Å². The van der Waals surface area contributed by atoms with E-state index in [0.29, 0.717) is 0 Å². The number of benzene rings is 1. The van der Waals surface area contributed by atoms with Gasteiger partial charge in [-0.25, -0.2) is 13.1 Å². The Morgan fingerprint density at radius 2 is 1.81 bits per heavy atom. The van der Waals surface area contributed by atoms with Crippen LogP contribution in [0.4, 0.5) is 5.69 Å². The molecular weight excluding hydrogens is 366 g/mol. The molecule has 1 heterocycles. The van der Waals surface area contributed by atoms with Gasteiger partial charge in [-0.15, -0.1) is 0 Å². The van der Waals surface area contributed by atoms with Crippen molar-refractivity contribution in [3.63, 3.8) is 0 Å². The Balaban J connectivity index is 2.33. The van der Waals surface area contributed by atoms with Gasteiger partial charge in [0, 0.05) is 19.3 Å². The predicted octanol–water partition coefficient (Wildman–Crippen LogP) is 2.97. The molecule has 2 aromatic rings. The van der Waals surface area contributed by atoms with E-state index < -0.39 is 15.9 Å². The molecule has 0 radical (unpaired) electrons. The molecule has 0 spiro atoms. The third kappa shape index (κ3) is 4.90. The molecule has 148 valence electrons. The van der Waals surface area contributed by atoms with E-state index in [1.54, 1.807) is 33.0 Å². The van der Waals surface area contributed by atoms with Crippen molar-refractivity contribution in [2.45, 2.75) is 51.0 Å². The average Bonchev–Trinajstić information content (AvgIpc) is 2.90. The first-order valence-corrected chi connectivity index (χ1v) is 10.1. The van der Waals surface area contributed by atoms with E-state index in [-0.39, 0.29) is 33.5 Å². The Bertz CT molecular complexity index is 954. The average molecular weight is 394 g/mol. The molecule has 0 atom stereocenters. The van der Waals surface area contributed by atoms with Crippen LogP contribution in [0.3, 0.4) is 0 Å². The summed E-state index contributed by atoms with van der Waals surface area (Å²) in [6.07, 6.45) is 1.38. The number of phenols is 1. The van der Waals surface area contributed by atoms with Gasteiger partial charge in [-0.3, -0.25) is 4.79 Å². The van der Waals surface area contributed by atoms with Crippen LogP contribution in [0.1, 0.15) is 50.7 Å². The first kappa shape index (κ1) is 21.0. The number of aryl methyl sites for hydroxylation is 1. The number of aromatic nitrogens is 1. The number of sulfonamides is 1. The maximum atomic E-state index is 12.7. The molecular formula is C19H27N3O4S. The molecule has 0 bridgehead atoms. The van der Waals surface area contributed by atoms with Crippen molar-refractivity contribution in [3.05, 3.63) is 41.7 Å². The van der Waals surface area contributed by atoms with Gasteiger partial charge in [0.25, 0.3) is 5.91 Å². The van der Waals surface area contributed by atoms with Crippen molar-refractivity contribution in [3.8, 4) is 5.75 Å². The fourth-order valence-electron chi connectivity index (χ4n) is 2.57. The maximum Gasteiger partial charge on any atom is 0.272 e. The van der Waals surface area contributed by atoms with Gasteiger partial charge in [0.05, 0.1) is 5.69 Å². The third-order valence-corrected chi connectivity index (χ3v) is 5.65. The van der Waals surface area contributed by atoms with E-state index in [0.717, 1.165) is 5.56 Å². The molecule has 2 rings (SSSR count). The molecule has 0 aliphatic rings. The lowest BCUT2D eigenvalue weighted by atomic mass is 9.87. The molecule has 7 nitrogen and oxygen atoms in total. The van der Waals surface area contributed by atoms with E-state index in [1.807, 2.05) is 20.8 Å². The number of hydrogen-bond donors (Lipinski definition) is 3. The predicted molar refractivity (Wildman–Crippen MR) is 106 cm³/mol. The topological polar surface area (TPSA) is 100 Å². The number of hydrogen-bond acceptors (Lipinski definition) is 4. The molecule has 0 aliphatic carbocycles. The second-order valence-electron chi connectivity index (χ2n) is 7.88. The first-order chi connectivity index (χ1) is 12.3. The Morgan fingerprint density at radius 3 is 2.37 bits per heavy atom. The summed E-state index contributed by atoms with van der Waals surface area (Å²) in [5.74, 6) is -0.565. The zero-order valence-electron chi connectivity index (χ0n) is 16.5. The van der Waals surface area contributed by atoms with E-state index in [4.69, 9.17) is 0 Å². The highest BCUT2D eigenvalue weighted by Crippen LogP contribution is 2.31. The lowest BCUT2D eigenvalue weighted by Crippen LogP contribution is -2.29. The quantitative estimate of drug-likeness (QED) is 0.680. The fraction of sp³-hybridized carbons (Fsp3) is 0.421. The number of aromatic hydroxyl groups is 1. The highest BCUT2D eigenvalue weighted by Gasteiger charge is 2.22. The number of nitrogens with zero attached hydrogens (tertiary/aromatic N) is 1. The Labute approximate surface area is 160 Å². The van der Waals surface area contributed by atoms with Crippen LogP contribution >= 0.6 is 0 Å². The van der Waals surface area contributed by atoms with E-state index in [1.165, 1.54) is 22.9 Å². The molecule has 0 saturated carbocycles. The van der Waals surface area contributed by atoms with Crippen LogP contribution in [0.25, 0.3) is 0 Å². The first-order valence-electron chi connectivity index (χ1n) is 8.65. The van der Waals surface area contributed by atoms with Crippen LogP contribution in [-0.4, -0.2) is 30.0 Å². The van der Waals surface area contributed by atoms with Crippen molar-refractivity contribution < 1.29 is 18.3 Å². The summed E-state index contributed by atoms with van der Waals surface area (Å²) in [5.41, 5.74) is 1.24. The number of carbonyl (C=O) groups is 1. The van der Waals surface area contributed by atoms with Crippen LogP contribution in [-0.2, 0) is 22.5 Å². The largest absolute Gasteiger partial charge is 0.506 e. The number of amides is 1. The van der Waals surface area contributed by atoms with Gasteiger partial charge in [-0.05, 0) is 43.0 Å². The molecule has 27 heavy (non-hydrogen) atoms. The smallest absolute Gasteiger partial charge is 0.272 e. The number of phenolic OH excluding ortho intramolecular Hbond substituents is 1. The van der Waals surface area contributed by atoms with Gasteiger partial charge in [0.15, 0.2) is 0 Å². The molecule has 8 heteroatoms. The number of carbonyl (C=O) groups excluding carboxylic acids is 1. The summed E-state index contributed by atoms with van der Waals surface area (Å²) in [5, 5.41) is 12.7. The second-order valence-corrected chi connectivity index (χ2v) is 9.60. The van der Waals surface area contributed by atoms with Crippen LogP contribution in [0.5, 0.6) is 5.75 Å². The van der Waals surface area contributed by atoms with Crippen LogP contribution in [0, 0.1) is 0 Å². The van der Waals surface area contributed by atoms with Gasteiger partial charge < -0.3 is 15.0 Å². The van der Waals surface area contributed by atoms with Gasteiger partial charge >= 0.3 is 0 Å². The van der Waals surface area contributed by atoms with E-state index in [2.05, 4.69) is 10.0 Å². The molecule has 3 N–H and O–H groups in total. The Kier molecular flexibility index (Phi) is 5.72. The summed E-state index contributed by atoms with van der Waals surface area (Å²) in [6, 6.07) is 6.10. The van der Waals surface area contributed by atoms with Gasteiger partial charge in [0.1, 0.15) is 16.3 Å². The zero-order chi connectivity index (χ0) is 20.6. The lowest BCUT2D eigenvalue weighted by Gasteiger charge is -2.20. The standard InChI is InChI=1S/C19H27N3O4S/c1-12(2)21-27(25,26)14-10-16(22(6)11-14)18(24)20-15-9-13(19(3,4)5)7-8-17(15)23/h7-12,21,23H,1-6H3,(H,20,24). The van der Waals surface area contributed by atoms with Gasteiger partial charge in [-0.1, -0.05) is 26.8 Å². The van der Waals surface area contributed by atoms with Crippen molar-refractivity contribution in [1.82, 2.24) is 9.29 Å². The van der Waals surface area contributed by atoms with Crippen LogP contribution < -0.4 is 10.0 Å². The number of nitrogens with one attached hydrogen (secondary N) is 2. The molecule has 1 aromatic heterocycles. The third-order valence-electron chi connectivity index (χ3n) is 4.02. The summed E-state index contributed by atoms with van der Waals surface area (Å²) >= 11 is 0. The highest BCUT2D eigenvalue weighted by atomic mass is 32.2. The van der Waals surface area contributed by atoms with Crippen LogP contribution in [0.15, 0.2) is 35.4 Å². The summed E-state index contributed by atoms with van der Waals surface area (Å²) in [7, 11) is -2.11. The van der Waals surface area contributed by atoms with E-state index >= 15 is 0 Å². The normalized spacial score (nSPS) is 12.4. The Hall–Kier alpha value is -2.32. The zero-order valence-corrected chi connectivity index (χ0v) is 17.3. The maximum absolute atomic E-state index is 12.7. The molecule has 0 fully saturated rings. The molecule has 1 aromatic carbocycles. The fourth-order valence-corrected chi connectivity index (χ4v) is 3.89.